The fourth-order valence-electron chi connectivity index (χ4n) is 3.52. The van der Waals surface area contributed by atoms with Gasteiger partial charge < -0.3 is 14.8 Å². The Bertz CT molecular complexity index is 1260. The predicted molar refractivity (Wildman–Crippen MR) is 119 cm³/mol. The van der Waals surface area contributed by atoms with E-state index in [4.69, 9.17) is 16.3 Å². The molecule has 0 aliphatic heterocycles. The number of benzene rings is 1. The van der Waals surface area contributed by atoms with Gasteiger partial charge in [-0.2, -0.15) is 13.2 Å². The van der Waals surface area contributed by atoms with Crippen molar-refractivity contribution in [2.24, 2.45) is 0 Å². The summed E-state index contributed by atoms with van der Waals surface area (Å²) in [6.07, 6.45) is -4.94. The van der Waals surface area contributed by atoms with Crippen LogP contribution in [-0.4, -0.2) is 40.6 Å². The van der Waals surface area contributed by atoms with Gasteiger partial charge in [0.1, 0.15) is 30.0 Å². The quantitative estimate of drug-likeness (QED) is 0.304. The number of hydrogen-bond acceptors (Lipinski definition) is 5. The highest BCUT2D eigenvalue weighted by molar-refractivity contribution is 6.30. The van der Waals surface area contributed by atoms with Gasteiger partial charge in [-0.1, -0.05) is 17.7 Å². The number of nitrogens with zero attached hydrogens (tertiary/aromatic N) is 2. The second-order valence-corrected chi connectivity index (χ2v) is 8.24. The standard InChI is InChI=1S/C23H21ClF5N3O4/c1-12-19(21(33)31-17(22(34)35-2)7-4-8-23(27,28)29)32-10-13(24)9-18(20(32)30-12)36-11-14-15(25)5-3-6-16(14)26/h3,5-6,9-10,17H,4,7-8,11H2,1-2H3,(H,31,33)/t17-/m0/s1. The molecule has 1 N–H and O–H groups in total. The summed E-state index contributed by atoms with van der Waals surface area (Å²) in [6, 6.07) is 3.36. The van der Waals surface area contributed by atoms with Crippen LogP contribution in [0.4, 0.5) is 22.0 Å². The summed E-state index contributed by atoms with van der Waals surface area (Å²) in [7, 11) is 1.05. The first-order valence-corrected chi connectivity index (χ1v) is 11.0. The fraction of sp³-hybridized carbons (Fsp3) is 0.348. The Labute approximate surface area is 207 Å². The average molecular weight is 534 g/mol. The Balaban J connectivity index is 1.88. The van der Waals surface area contributed by atoms with E-state index in [-0.39, 0.29) is 39.8 Å². The monoisotopic (exact) mass is 533 g/mol. The number of fused-ring (bicyclic) bond motifs is 1. The molecule has 0 fully saturated rings. The molecule has 0 aliphatic carbocycles. The molecule has 0 unspecified atom stereocenters. The van der Waals surface area contributed by atoms with E-state index in [0.29, 0.717) is 0 Å². The molecule has 0 bridgehead atoms. The van der Waals surface area contributed by atoms with E-state index in [0.717, 1.165) is 19.2 Å². The summed E-state index contributed by atoms with van der Waals surface area (Å²) in [5.74, 6) is -3.34. The number of alkyl halides is 3. The Kier molecular flexibility index (Phi) is 8.39. The third-order valence-electron chi connectivity index (χ3n) is 5.22. The van der Waals surface area contributed by atoms with Crippen molar-refractivity contribution in [3.63, 3.8) is 0 Å². The van der Waals surface area contributed by atoms with E-state index < -0.39 is 55.2 Å². The minimum absolute atomic E-state index is 0.0157. The summed E-state index contributed by atoms with van der Waals surface area (Å²) in [6.45, 7) is 0.985. The predicted octanol–water partition coefficient (Wildman–Crippen LogP) is 5.16. The lowest BCUT2D eigenvalue weighted by Crippen LogP contribution is -2.42. The Morgan fingerprint density at radius 2 is 1.89 bits per heavy atom. The molecular formula is C23H21ClF5N3O4. The number of imidazole rings is 1. The Hall–Kier alpha value is -3.41. The highest BCUT2D eigenvalue weighted by Crippen LogP contribution is 2.28. The Morgan fingerprint density at radius 3 is 2.50 bits per heavy atom. The highest BCUT2D eigenvalue weighted by atomic mass is 35.5. The number of aryl methyl sites for hydroxylation is 1. The zero-order valence-corrected chi connectivity index (χ0v) is 19.8. The second-order valence-electron chi connectivity index (χ2n) is 7.81. The van der Waals surface area contributed by atoms with Crippen molar-refractivity contribution >= 4 is 29.1 Å². The van der Waals surface area contributed by atoms with Crippen LogP contribution in [0.5, 0.6) is 5.75 Å². The van der Waals surface area contributed by atoms with Crippen molar-refractivity contribution in [3.05, 3.63) is 64.1 Å². The Morgan fingerprint density at radius 1 is 1.22 bits per heavy atom. The summed E-state index contributed by atoms with van der Waals surface area (Å²) in [5, 5.41) is 2.47. The molecule has 7 nitrogen and oxygen atoms in total. The summed E-state index contributed by atoms with van der Waals surface area (Å²) in [5.41, 5.74) is -0.128. The number of aromatic nitrogens is 2. The van der Waals surface area contributed by atoms with E-state index in [1.165, 1.54) is 29.7 Å². The van der Waals surface area contributed by atoms with E-state index in [9.17, 15) is 31.5 Å². The zero-order chi connectivity index (χ0) is 26.6. The molecule has 36 heavy (non-hydrogen) atoms. The van der Waals surface area contributed by atoms with Gasteiger partial charge in [-0.3, -0.25) is 9.20 Å². The van der Waals surface area contributed by atoms with Crippen molar-refractivity contribution in [1.29, 1.82) is 0 Å². The third kappa shape index (κ3) is 6.42. The summed E-state index contributed by atoms with van der Waals surface area (Å²) in [4.78, 5) is 29.4. The van der Waals surface area contributed by atoms with E-state index in [2.05, 4.69) is 15.0 Å². The molecule has 0 aliphatic rings. The molecule has 0 radical (unpaired) electrons. The number of amides is 1. The van der Waals surface area contributed by atoms with Crippen LogP contribution in [-0.2, 0) is 16.1 Å². The number of esters is 1. The van der Waals surface area contributed by atoms with Crippen LogP contribution in [0, 0.1) is 18.6 Å². The fourth-order valence-corrected chi connectivity index (χ4v) is 3.72. The third-order valence-corrected chi connectivity index (χ3v) is 5.43. The molecule has 0 saturated carbocycles. The number of carbonyl (C=O) groups is 2. The second kappa shape index (κ2) is 11.1. The van der Waals surface area contributed by atoms with E-state index in [1.807, 2.05) is 0 Å². The van der Waals surface area contributed by atoms with Gasteiger partial charge in [-0.25, -0.2) is 18.6 Å². The van der Waals surface area contributed by atoms with Gasteiger partial charge in [0.05, 0.1) is 23.4 Å². The van der Waals surface area contributed by atoms with Crippen LogP contribution in [0.3, 0.4) is 0 Å². The largest absolute Gasteiger partial charge is 0.485 e. The van der Waals surface area contributed by atoms with Crippen molar-refractivity contribution in [2.45, 2.75) is 45.0 Å². The normalized spacial score (nSPS) is 12.4. The lowest BCUT2D eigenvalue weighted by molar-refractivity contribution is -0.145. The molecule has 2 heterocycles. The van der Waals surface area contributed by atoms with Gasteiger partial charge in [0.25, 0.3) is 5.91 Å². The molecule has 0 spiro atoms. The lowest BCUT2D eigenvalue weighted by Gasteiger charge is -2.17. The first-order chi connectivity index (χ1) is 16.9. The molecular weight excluding hydrogens is 513 g/mol. The maximum Gasteiger partial charge on any atom is 0.389 e. The molecule has 13 heteroatoms. The van der Waals surface area contributed by atoms with Crippen LogP contribution in [0.2, 0.25) is 5.02 Å². The van der Waals surface area contributed by atoms with Crippen molar-refractivity contribution in [3.8, 4) is 5.75 Å². The van der Waals surface area contributed by atoms with Gasteiger partial charge in [-0.15, -0.1) is 0 Å². The number of ether oxygens (including phenoxy) is 2. The van der Waals surface area contributed by atoms with Crippen LogP contribution in [0.1, 0.15) is 41.0 Å². The summed E-state index contributed by atoms with van der Waals surface area (Å²) < 4.78 is 76.9. The number of nitrogens with one attached hydrogen (secondary N) is 1. The molecule has 3 aromatic rings. The highest BCUT2D eigenvalue weighted by Gasteiger charge is 2.30. The molecule has 3 rings (SSSR count). The molecule has 1 amide bonds. The van der Waals surface area contributed by atoms with Crippen molar-refractivity contribution in [2.75, 3.05) is 7.11 Å². The smallest absolute Gasteiger partial charge is 0.389 e. The van der Waals surface area contributed by atoms with Crippen LogP contribution >= 0.6 is 11.6 Å². The minimum Gasteiger partial charge on any atom is -0.485 e. The molecule has 0 saturated heterocycles. The maximum atomic E-state index is 14.0. The van der Waals surface area contributed by atoms with Crippen molar-refractivity contribution in [1.82, 2.24) is 14.7 Å². The number of carbonyl (C=O) groups excluding carboxylic acids is 2. The first-order valence-electron chi connectivity index (χ1n) is 10.6. The van der Waals surface area contributed by atoms with Crippen molar-refractivity contribution < 1.29 is 41.0 Å². The number of rotatable bonds is 9. The average Bonchev–Trinajstić information content (AvgIpc) is 3.12. The SMILES string of the molecule is COC(=O)[C@H](CCCC(F)(F)F)NC(=O)c1c(C)nc2c(OCc3c(F)cccc3F)cc(Cl)cn12. The molecule has 1 atom stereocenters. The number of methoxy groups -OCH3 is 1. The van der Waals surface area contributed by atoms with Gasteiger partial charge in [0.15, 0.2) is 11.4 Å². The van der Waals surface area contributed by atoms with Crippen LogP contribution in [0.15, 0.2) is 30.5 Å². The topological polar surface area (TPSA) is 81.9 Å². The van der Waals surface area contributed by atoms with Gasteiger partial charge >= 0.3 is 12.1 Å². The van der Waals surface area contributed by atoms with E-state index >= 15 is 0 Å². The zero-order valence-electron chi connectivity index (χ0n) is 19.1. The molecule has 2 aromatic heterocycles. The lowest BCUT2D eigenvalue weighted by atomic mass is 10.1. The molecule has 194 valence electrons. The summed E-state index contributed by atoms with van der Waals surface area (Å²) >= 11 is 6.15. The maximum absolute atomic E-state index is 14.0. The number of hydrogen-bond donors (Lipinski definition) is 1. The van der Waals surface area contributed by atoms with Gasteiger partial charge in [-0.05, 0) is 31.9 Å². The van der Waals surface area contributed by atoms with Gasteiger partial charge in [0, 0.05) is 18.7 Å². The minimum atomic E-state index is -4.42. The number of pyridine rings is 1. The van der Waals surface area contributed by atoms with E-state index in [1.54, 1.807) is 0 Å². The van der Waals surface area contributed by atoms with Crippen LogP contribution < -0.4 is 10.1 Å². The molecule has 1 aromatic carbocycles. The first kappa shape index (κ1) is 27.2. The number of halogens is 6. The van der Waals surface area contributed by atoms with Gasteiger partial charge in [0.2, 0.25) is 0 Å². The van der Waals surface area contributed by atoms with Crippen LogP contribution in [0.25, 0.3) is 5.65 Å².